The zero-order valence-electron chi connectivity index (χ0n) is 5.41. The number of nitrogens with two attached hydrogens (primary N) is 1. The van der Waals surface area contributed by atoms with E-state index in [-0.39, 0.29) is 0 Å². The van der Waals surface area contributed by atoms with Crippen molar-refractivity contribution in [1.29, 1.82) is 0 Å². The summed E-state index contributed by atoms with van der Waals surface area (Å²) in [4.78, 5) is 8.22. The molecule has 2 rings (SSSR count). The second-order valence-corrected chi connectivity index (χ2v) is 2.17. The highest BCUT2D eigenvalue weighted by Crippen LogP contribution is 1.89. The number of hydrogen-bond donors (Lipinski definition) is 1. The van der Waals surface area contributed by atoms with E-state index in [0.717, 1.165) is 16.4 Å². The van der Waals surface area contributed by atoms with Gasteiger partial charge in [0, 0.05) is 0 Å². The van der Waals surface area contributed by atoms with Crippen LogP contribution in [0.3, 0.4) is 0 Å². The van der Waals surface area contributed by atoms with Crippen molar-refractivity contribution < 1.29 is 0 Å². The van der Waals surface area contributed by atoms with E-state index in [0.29, 0.717) is 6.67 Å². The summed E-state index contributed by atoms with van der Waals surface area (Å²) < 4.78 is 0. The van der Waals surface area contributed by atoms with Gasteiger partial charge in [-0.2, -0.15) is 0 Å². The number of nitrogen functional groups attached to an aromatic ring is 1. The van der Waals surface area contributed by atoms with Crippen molar-refractivity contribution in [1.82, 2.24) is 0 Å². The van der Waals surface area contributed by atoms with Gasteiger partial charge in [-0.25, -0.2) is 0 Å². The van der Waals surface area contributed by atoms with Gasteiger partial charge in [-0.05, 0) is 12.1 Å². The molecule has 1 aliphatic rings. The van der Waals surface area contributed by atoms with Crippen LogP contribution >= 0.6 is 0 Å². The first kappa shape index (κ1) is 5.41. The standard InChI is InChI=1S/C7H7N3/c8-5-2-1-3-6-7(5)10-4-9-6/h1-3H,4,8H2. The van der Waals surface area contributed by atoms with Gasteiger partial charge in [-0.1, -0.05) is 6.07 Å². The second-order valence-electron chi connectivity index (χ2n) is 2.17. The fourth-order valence-corrected chi connectivity index (χ4v) is 1.03. The van der Waals surface area contributed by atoms with Crippen LogP contribution in [0.1, 0.15) is 0 Å². The first-order chi connectivity index (χ1) is 4.88. The maximum absolute atomic E-state index is 5.62. The lowest BCUT2D eigenvalue weighted by molar-refractivity contribution is 1.06. The van der Waals surface area contributed by atoms with Gasteiger partial charge >= 0.3 is 0 Å². The highest BCUT2D eigenvalue weighted by atomic mass is 15.0. The molecule has 3 heteroatoms. The molecule has 0 saturated heterocycles. The van der Waals surface area contributed by atoms with Crippen LogP contribution in [-0.2, 0) is 0 Å². The molecule has 0 radical (unpaired) electrons. The highest BCUT2D eigenvalue weighted by molar-refractivity contribution is 5.36. The quantitative estimate of drug-likeness (QED) is 0.476. The number of fused-ring (bicyclic) bond motifs is 1. The second kappa shape index (κ2) is 1.80. The normalized spacial score (nSPS) is 13.6. The van der Waals surface area contributed by atoms with Gasteiger partial charge < -0.3 is 5.73 Å². The number of rotatable bonds is 0. The van der Waals surface area contributed by atoms with Crippen molar-refractivity contribution in [2.75, 3.05) is 12.4 Å². The molecule has 10 heavy (non-hydrogen) atoms. The molecular weight excluding hydrogens is 126 g/mol. The minimum atomic E-state index is 0.531. The Bertz CT molecular complexity index is 367. The average Bonchev–Trinajstić information content (AvgIpc) is 2.36. The van der Waals surface area contributed by atoms with Crippen LogP contribution in [0, 0.1) is 0 Å². The number of benzene rings is 1. The van der Waals surface area contributed by atoms with E-state index in [1.807, 2.05) is 18.2 Å². The van der Waals surface area contributed by atoms with Gasteiger partial charge in [0.15, 0.2) is 0 Å². The molecule has 0 atom stereocenters. The monoisotopic (exact) mass is 133 g/mol. The van der Waals surface area contributed by atoms with Crippen LogP contribution in [0.25, 0.3) is 0 Å². The van der Waals surface area contributed by atoms with Crippen molar-refractivity contribution in [2.24, 2.45) is 9.98 Å². The van der Waals surface area contributed by atoms with E-state index >= 15 is 0 Å². The number of anilines is 1. The third-order valence-electron chi connectivity index (χ3n) is 1.52. The third-order valence-corrected chi connectivity index (χ3v) is 1.52. The molecule has 0 aromatic heterocycles. The first-order valence-corrected chi connectivity index (χ1v) is 3.11. The van der Waals surface area contributed by atoms with Crippen molar-refractivity contribution in [3.05, 3.63) is 28.9 Å². The van der Waals surface area contributed by atoms with E-state index in [2.05, 4.69) is 9.98 Å². The van der Waals surface area contributed by atoms with Crippen molar-refractivity contribution in [2.45, 2.75) is 0 Å². The van der Waals surface area contributed by atoms with E-state index in [1.54, 1.807) is 0 Å². The summed E-state index contributed by atoms with van der Waals surface area (Å²) in [5.41, 5.74) is 6.34. The maximum atomic E-state index is 5.62. The van der Waals surface area contributed by atoms with Crippen LogP contribution in [-0.4, -0.2) is 6.67 Å². The molecule has 0 spiro atoms. The van der Waals surface area contributed by atoms with Gasteiger partial charge in [0.25, 0.3) is 0 Å². The van der Waals surface area contributed by atoms with E-state index in [4.69, 9.17) is 5.73 Å². The lowest BCUT2D eigenvalue weighted by Gasteiger charge is -1.87. The van der Waals surface area contributed by atoms with Crippen LogP contribution in [0.15, 0.2) is 28.2 Å². The fourth-order valence-electron chi connectivity index (χ4n) is 1.03. The van der Waals surface area contributed by atoms with Crippen LogP contribution in [0.2, 0.25) is 0 Å². The minimum absolute atomic E-state index is 0.531. The largest absolute Gasteiger partial charge is 0.397 e. The molecule has 0 fully saturated rings. The Balaban J connectivity index is 2.97. The Hall–Kier alpha value is -1.38. The Kier molecular flexibility index (Phi) is 0.974. The average molecular weight is 133 g/mol. The first-order valence-electron chi connectivity index (χ1n) is 3.11. The summed E-state index contributed by atoms with van der Waals surface area (Å²) in [6, 6.07) is 5.64. The third kappa shape index (κ3) is 0.603. The zero-order chi connectivity index (χ0) is 6.97. The van der Waals surface area contributed by atoms with Gasteiger partial charge in [-0.15, -0.1) is 0 Å². The summed E-state index contributed by atoms with van der Waals surface area (Å²) in [6.45, 7) is 0.531. The molecule has 1 aromatic carbocycles. The summed E-state index contributed by atoms with van der Waals surface area (Å²) >= 11 is 0. The van der Waals surface area contributed by atoms with Crippen LogP contribution in [0.5, 0.6) is 0 Å². The lowest BCUT2D eigenvalue weighted by atomic mass is 10.3. The van der Waals surface area contributed by atoms with Crippen LogP contribution < -0.4 is 16.4 Å². The van der Waals surface area contributed by atoms with E-state index < -0.39 is 0 Å². The van der Waals surface area contributed by atoms with Crippen molar-refractivity contribution >= 4 is 5.69 Å². The van der Waals surface area contributed by atoms with Gasteiger partial charge in [0.05, 0.1) is 11.0 Å². The molecule has 1 aromatic rings. The molecule has 1 aliphatic heterocycles. The fraction of sp³-hybridized carbons (Fsp3) is 0.143. The minimum Gasteiger partial charge on any atom is -0.397 e. The SMILES string of the molecule is Nc1cccc2c1=NCN=2. The van der Waals surface area contributed by atoms with Crippen molar-refractivity contribution in [3.63, 3.8) is 0 Å². The molecule has 50 valence electrons. The lowest BCUT2D eigenvalue weighted by Crippen LogP contribution is -2.24. The summed E-state index contributed by atoms with van der Waals surface area (Å²) in [5.74, 6) is 0. The topological polar surface area (TPSA) is 50.7 Å². The molecule has 0 unspecified atom stereocenters. The summed E-state index contributed by atoms with van der Waals surface area (Å²) in [5, 5.41) is 1.77. The predicted octanol–water partition coefficient (Wildman–Crippen LogP) is -0.521. The van der Waals surface area contributed by atoms with Gasteiger partial charge in [-0.3, -0.25) is 9.98 Å². The van der Waals surface area contributed by atoms with E-state index in [1.165, 1.54) is 0 Å². The molecule has 0 bridgehead atoms. The number of nitrogens with zero attached hydrogens (tertiary/aromatic N) is 2. The number of para-hydroxylation sites is 1. The molecule has 0 saturated carbocycles. The molecular formula is C7H7N3. The Morgan fingerprint density at radius 1 is 1.30 bits per heavy atom. The zero-order valence-corrected chi connectivity index (χ0v) is 5.41. The molecule has 0 aliphatic carbocycles. The molecule has 1 heterocycles. The van der Waals surface area contributed by atoms with E-state index in [9.17, 15) is 0 Å². The molecule has 2 N–H and O–H groups in total. The molecule has 3 nitrogen and oxygen atoms in total. The molecule has 0 amide bonds. The Labute approximate surface area is 57.9 Å². The highest BCUT2D eigenvalue weighted by Gasteiger charge is 1.96. The van der Waals surface area contributed by atoms with Crippen molar-refractivity contribution in [3.8, 4) is 0 Å². The Morgan fingerprint density at radius 2 is 2.20 bits per heavy atom. The summed E-state index contributed by atoms with van der Waals surface area (Å²) in [6.07, 6.45) is 0. The summed E-state index contributed by atoms with van der Waals surface area (Å²) in [7, 11) is 0. The number of hydrogen-bond acceptors (Lipinski definition) is 3. The van der Waals surface area contributed by atoms with Gasteiger partial charge in [0.2, 0.25) is 0 Å². The van der Waals surface area contributed by atoms with Crippen LogP contribution in [0.4, 0.5) is 5.69 Å². The predicted molar refractivity (Wildman–Crippen MR) is 38.0 cm³/mol. The smallest absolute Gasteiger partial charge is 0.131 e. The maximum Gasteiger partial charge on any atom is 0.131 e. The van der Waals surface area contributed by atoms with Gasteiger partial charge in [0.1, 0.15) is 12.0 Å². The Morgan fingerprint density at radius 3 is 3.00 bits per heavy atom.